The zero-order valence-corrected chi connectivity index (χ0v) is 12.2. The highest BCUT2D eigenvalue weighted by molar-refractivity contribution is 6.35. The highest BCUT2D eigenvalue weighted by atomic mass is 35.5. The third kappa shape index (κ3) is 4.66. The molecule has 0 heterocycles. The topological polar surface area (TPSA) is 24.1 Å². The Bertz CT molecular complexity index is 535. The van der Waals surface area contributed by atoms with Gasteiger partial charge in [-0.2, -0.15) is 0 Å². The van der Waals surface area contributed by atoms with Crippen molar-refractivity contribution in [2.75, 3.05) is 23.7 Å². The molecule has 0 saturated heterocycles. The van der Waals surface area contributed by atoms with Crippen LogP contribution in [-0.2, 0) is 0 Å². The number of hydrogen-bond donors (Lipinski definition) is 2. The van der Waals surface area contributed by atoms with E-state index < -0.39 is 0 Å². The number of halogens is 2. The predicted molar refractivity (Wildman–Crippen MR) is 84.6 cm³/mol. The fourth-order valence-corrected chi connectivity index (χ4v) is 2.35. The Morgan fingerprint density at radius 1 is 0.842 bits per heavy atom. The van der Waals surface area contributed by atoms with Crippen LogP contribution in [0.2, 0.25) is 10.0 Å². The number of aryl methyl sites for hydroxylation is 1. The average Bonchev–Trinajstić information content (AvgIpc) is 2.34. The summed E-state index contributed by atoms with van der Waals surface area (Å²) in [6, 6.07) is 13.7. The van der Waals surface area contributed by atoms with Crippen LogP contribution in [0.15, 0.2) is 42.5 Å². The van der Waals surface area contributed by atoms with Crippen LogP contribution in [0, 0.1) is 6.92 Å². The van der Waals surface area contributed by atoms with Crippen molar-refractivity contribution in [1.29, 1.82) is 0 Å². The van der Waals surface area contributed by atoms with Crippen LogP contribution in [0.1, 0.15) is 5.56 Å². The molecule has 0 amide bonds. The molecule has 0 aliphatic rings. The molecule has 100 valence electrons. The molecular weight excluding hydrogens is 279 g/mol. The molecule has 0 unspecified atom stereocenters. The molecule has 4 heteroatoms. The van der Waals surface area contributed by atoms with E-state index in [1.807, 2.05) is 18.2 Å². The predicted octanol–water partition coefficient (Wildman–Crippen LogP) is 4.83. The van der Waals surface area contributed by atoms with Gasteiger partial charge in [0.25, 0.3) is 0 Å². The van der Waals surface area contributed by atoms with Gasteiger partial charge in [-0.25, -0.2) is 0 Å². The Morgan fingerprint density at radius 2 is 1.47 bits per heavy atom. The third-order valence-corrected chi connectivity index (χ3v) is 3.10. The minimum absolute atomic E-state index is 0.640. The van der Waals surface area contributed by atoms with Gasteiger partial charge in [-0.05, 0) is 42.8 Å². The number of hydrogen-bond acceptors (Lipinski definition) is 2. The first kappa shape index (κ1) is 14.0. The van der Waals surface area contributed by atoms with Gasteiger partial charge in [-0.1, -0.05) is 35.3 Å². The summed E-state index contributed by atoms with van der Waals surface area (Å²) in [4.78, 5) is 0. The molecule has 0 aromatic heterocycles. The minimum atomic E-state index is 0.640. The van der Waals surface area contributed by atoms with Gasteiger partial charge in [0.2, 0.25) is 0 Å². The maximum Gasteiger partial charge on any atom is 0.0441 e. The summed E-state index contributed by atoms with van der Waals surface area (Å²) in [7, 11) is 0. The summed E-state index contributed by atoms with van der Waals surface area (Å²) in [5.74, 6) is 0. The van der Waals surface area contributed by atoms with Gasteiger partial charge in [0.15, 0.2) is 0 Å². The van der Waals surface area contributed by atoms with E-state index in [4.69, 9.17) is 23.2 Å². The molecular formula is C15H16Cl2N2. The van der Waals surface area contributed by atoms with E-state index in [1.165, 1.54) is 5.56 Å². The molecule has 2 nitrogen and oxygen atoms in total. The molecule has 0 fully saturated rings. The van der Waals surface area contributed by atoms with Crippen molar-refractivity contribution >= 4 is 34.6 Å². The Balaban J connectivity index is 1.80. The lowest BCUT2D eigenvalue weighted by Gasteiger charge is -2.10. The van der Waals surface area contributed by atoms with Crippen LogP contribution in [-0.4, -0.2) is 13.1 Å². The molecule has 0 radical (unpaired) electrons. The van der Waals surface area contributed by atoms with Crippen LogP contribution >= 0.6 is 23.2 Å². The van der Waals surface area contributed by atoms with Crippen LogP contribution < -0.4 is 10.6 Å². The third-order valence-electron chi connectivity index (χ3n) is 2.66. The summed E-state index contributed by atoms with van der Waals surface area (Å²) in [5.41, 5.74) is 3.31. The molecule has 0 aliphatic heterocycles. The van der Waals surface area contributed by atoms with Crippen molar-refractivity contribution in [3.8, 4) is 0 Å². The SMILES string of the molecule is Cc1cccc(NCCNc2cc(Cl)cc(Cl)c2)c1. The van der Waals surface area contributed by atoms with Crippen molar-refractivity contribution in [3.63, 3.8) is 0 Å². The maximum atomic E-state index is 5.94. The Labute approximate surface area is 123 Å². The highest BCUT2D eigenvalue weighted by Crippen LogP contribution is 2.22. The first-order valence-electron chi connectivity index (χ1n) is 6.14. The molecule has 0 spiro atoms. The standard InChI is InChI=1S/C15H16Cl2N2/c1-11-3-2-4-14(7-11)18-5-6-19-15-9-12(16)8-13(17)10-15/h2-4,7-10,18-19H,5-6H2,1H3. The first-order chi connectivity index (χ1) is 9.13. The van der Waals surface area contributed by atoms with Crippen molar-refractivity contribution in [3.05, 3.63) is 58.1 Å². The maximum absolute atomic E-state index is 5.94. The normalized spacial score (nSPS) is 10.3. The van der Waals surface area contributed by atoms with Gasteiger partial charge in [0, 0.05) is 34.5 Å². The fourth-order valence-electron chi connectivity index (χ4n) is 1.82. The largest absolute Gasteiger partial charge is 0.383 e. The van der Waals surface area contributed by atoms with Gasteiger partial charge >= 0.3 is 0 Å². The monoisotopic (exact) mass is 294 g/mol. The van der Waals surface area contributed by atoms with Crippen molar-refractivity contribution in [1.82, 2.24) is 0 Å². The van der Waals surface area contributed by atoms with Crippen LogP contribution in [0.3, 0.4) is 0 Å². The molecule has 0 saturated carbocycles. The second kappa shape index (κ2) is 6.69. The highest BCUT2D eigenvalue weighted by Gasteiger charge is 1.97. The molecule has 2 aromatic rings. The van der Waals surface area contributed by atoms with Gasteiger partial charge in [-0.3, -0.25) is 0 Å². The van der Waals surface area contributed by atoms with E-state index >= 15 is 0 Å². The number of benzene rings is 2. The number of anilines is 2. The van der Waals surface area contributed by atoms with E-state index in [2.05, 4.69) is 35.8 Å². The van der Waals surface area contributed by atoms with Crippen molar-refractivity contribution < 1.29 is 0 Å². The second-order valence-corrected chi connectivity index (χ2v) is 5.25. The minimum Gasteiger partial charge on any atom is -0.383 e. The fraction of sp³-hybridized carbons (Fsp3) is 0.200. The second-order valence-electron chi connectivity index (χ2n) is 4.38. The first-order valence-corrected chi connectivity index (χ1v) is 6.89. The van der Waals surface area contributed by atoms with E-state index in [1.54, 1.807) is 6.07 Å². The quantitative estimate of drug-likeness (QED) is 0.772. The summed E-state index contributed by atoms with van der Waals surface area (Å²) in [5, 5.41) is 7.92. The van der Waals surface area contributed by atoms with Gasteiger partial charge in [0.1, 0.15) is 0 Å². The van der Waals surface area contributed by atoms with Gasteiger partial charge < -0.3 is 10.6 Å². The van der Waals surface area contributed by atoms with Gasteiger partial charge in [-0.15, -0.1) is 0 Å². The lowest BCUT2D eigenvalue weighted by Crippen LogP contribution is -2.13. The number of nitrogens with one attached hydrogen (secondary N) is 2. The van der Waals surface area contributed by atoms with E-state index in [0.29, 0.717) is 10.0 Å². The van der Waals surface area contributed by atoms with Crippen molar-refractivity contribution in [2.45, 2.75) is 6.92 Å². The summed E-state index contributed by atoms with van der Waals surface area (Å²) < 4.78 is 0. The van der Waals surface area contributed by atoms with Crippen LogP contribution in [0.5, 0.6) is 0 Å². The van der Waals surface area contributed by atoms with Crippen LogP contribution in [0.25, 0.3) is 0 Å². The Kier molecular flexibility index (Phi) is 4.94. The molecule has 19 heavy (non-hydrogen) atoms. The van der Waals surface area contributed by atoms with E-state index in [9.17, 15) is 0 Å². The summed E-state index contributed by atoms with van der Waals surface area (Å²) >= 11 is 11.9. The molecule has 2 N–H and O–H groups in total. The molecule has 2 aromatic carbocycles. The zero-order chi connectivity index (χ0) is 13.7. The smallest absolute Gasteiger partial charge is 0.0441 e. The lowest BCUT2D eigenvalue weighted by molar-refractivity contribution is 1.08. The number of rotatable bonds is 5. The molecule has 2 rings (SSSR count). The Hall–Kier alpha value is -1.38. The summed E-state index contributed by atoms with van der Waals surface area (Å²) in [6.07, 6.45) is 0. The Morgan fingerprint density at radius 3 is 2.11 bits per heavy atom. The summed E-state index contributed by atoms with van der Waals surface area (Å²) in [6.45, 7) is 3.70. The molecule has 0 atom stereocenters. The molecule has 0 bridgehead atoms. The van der Waals surface area contributed by atoms with E-state index in [0.717, 1.165) is 24.5 Å². The zero-order valence-electron chi connectivity index (χ0n) is 10.7. The van der Waals surface area contributed by atoms with Crippen molar-refractivity contribution in [2.24, 2.45) is 0 Å². The van der Waals surface area contributed by atoms with Crippen LogP contribution in [0.4, 0.5) is 11.4 Å². The lowest BCUT2D eigenvalue weighted by atomic mass is 10.2. The molecule has 0 aliphatic carbocycles. The average molecular weight is 295 g/mol. The van der Waals surface area contributed by atoms with E-state index in [-0.39, 0.29) is 0 Å². The van der Waals surface area contributed by atoms with Gasteiger partial charge in [0.05, 0.1) is 0 Å².